The van der Waals surface area contributed by atoms with E-state index >= 15 is 0 Å². The standard InChI is InChI=1S/C17H24N2OS/c18-17(21)15-9-6-14(7-10-15)12-19-16(20)11-8-13-4-2-1-3-5-13/h6-7,9-10,13H,1-5,8,11-12H2,(H2,18,21)(H,19,20). The molecule has 0 spiro atoms. The highest BCUT2D eigenvalue weighted by molar-refractivity contribution is 7.80. The van der Waals surface area contributed by atoms with E-state index in [2.05, 4.69) is 5.32 Å². The number of hydrogen-bond donors (Lipinski definition) is 2. The Hall–Kier alpha value is -1.42. The predicted molar refractivity (Wildman–Crippen MR) is 90.0 cm³/mol. The summed E-state index contributed by atoms with van der Waals surface area (Å²) in [6, 6.07) is 7.70. The van der Waals surface area contributed by atoms with E-state index in [1.54, 1.807) is 0 Å². The van der Waals surface area contributed by atoms with Gasteiger partial charge >= 0.3 is 0 Å². The molecule has 0 bridgehead atoms. The van der Waals surface area contributed by atoms with Crippen molar-refractivity contribution in [2.24, 2.45) is 11.7 Å². The van der Waals surface area contributed by atoms with Crippen LogP contribution in [0.1, 0.15) is 56.1 Å². The van der Waals surface area contributed by atoms with Crippen LogP contribution in [0.5, 0.6) is 0 Å². The van der Waals surface area contributed by atoms with Gasteiger partial charge in [0.05, 0.1) is 0 Å². The van der Waals surface area contributed by atoms with Crippen LogP contribution in [-0.2, 0) is 11.3 Å². The summed E-state index contributed by atoms with van der Waals surface area (Å²) < 4.78 is 0. The van der Waals surface area contributed by atoms with Crippen LogP contribution in [0.4, 0.5) is 0 Å². The van der Waals surface area contributed by atoms with Crippen molar-refractivity contribution >= 4 is 23.1 Å². The minimum atomic E-state index is 0.152. The number of hydrogen-bond acceptors (Lipinski definition) is 2. The molecule has 21 heavy (non-hydrogen) atoms. The van der Waals surface area contributed by atoms with E-state index in [0.717, 1.165) is 23.5 Å². The summed E-state index contributed by atoms with van der Waals surface area (Å²) >= 11 is 4.92. The summed E-state index contributed by atoms with van der Waals surface area (Å²) in [5.74, 6) is 0.911. The molecule has 1 amide bonds. The maximum atomic E-state index is 11.9. The fraction of sp³-hybridized carbons (Fsp3) is 0.529. The van der Waals surface area contributed by atoms with Crippen LogP contribution in [0, 0.1) is 5.92 Å². The predicted octanol–water partition coefficient (Wildman–Crippen LogP) is 3.30. The van der Waals surface area contributed by atoms with Crippen molar-refractivity contribution in [1.82, 2.24) is 5.32 Å². The van der Waals surface area contributed by atoms with E-state index in [9.17, 15) is 4.79 Å². The Morgan fingerprint density at radius 3 is 2.48 bits per heavy atom. The fourth-order valence-corrected chi connectivity index (χ4v) is 3.02. The first-order chi connectivity index (χ1) is 10.1. The van der Waals surface area contributed by atoms with Crippen molar-refractivity contribution in [1.29, 1.82) is 0 Å². The molecule has 0 heterocycles. The van der Waals surface area contributed by atoms with Gasteiger partial charge in [-0.15, -0.1) is 0 Å². The molecule has 1 fully saturated rings. The van der Waals surface area contributed by atoms with E-state index in [-0.39, 0.29) is 5.91 Å². The molecular formula is C17H24N2OS. The first kappa shape index (κ1) is 16.0. The lowest BCUT2D eigenvalue weighted by Gasteiger charge is -2.21. The summed E-state index contributed by atoms with van der Waals surface area (Å²) in [5, 5.41) is 2.98. The van der Waals surface area contributed by atoms with Crippen LogP contribution in [-0.4, -0.2) is 10.9 Å². The number of carbonyl (C=O) groups excluding carboxylic acids is 1. The third-order valence-electron chi connectivity index (χ3n) is 4.23. The lowest BCUT2D eigenvalue weighted by Crippen LogP contribution is -2.23. The summed E-state index contributed by atoms with van der Waals surface area (Å²) in [5.41, 5.74) is 7.49. The summed E-state index contributed by atoms with van der Waals surface area (Å²) in [4.78, 5) is 12.3. The number of benzene rings is 1. The van der Waals surface area contributed by atoms with Gasteiger partial charge in [0, 0.05) is 18.5 Å². The Kier molecular flexibility index (Phi) is 6.18. The molecule has 1 aromatic rings. The second kappa shape index (κ2) is 8.13. The first-order valence-electron chi connectivity index (χ1n) is 7.80. The molecule has 0 aliphatic heterocycles. The van der Waals surface area contributed by atoms with Gasteiger partial charge in [-0.3, -0.25) is 4.79 Å². The maximum absolute atomic E-state index is 11.9. The summed E-state index contributed by atoms with van der Waals surface area (Å²) in [7, 11) is 0. The van der Waals surface area contributed by atoms with Crippen molar-refractivity contribution in [2.45, 2.75) is 51.5 Å². The van der Waals surface area contributed by atoms with Crippen molar-refractivity contribution < 1.29 is 4.79 Å². The first-order valence-corrected chi connectivity index (χ1v) is 8.21. The average molecular weight is 304 g/mol. The van der Waals surface area contributed by atoms with Crippen LogP contribution in [0.3, 0.4) is 0 Å². The number of carbonyl (C=O) groups is 1. The second-order valence-corrected chi connectivity index (χ2v) is 6.32. The molecule has 0 aromatic heterocycles. The third kappa shape index (κ3) is 5.46. The van der Waals surface area contributed by atoms with E-state index in [0.29, 0.717) is 18.0 Å². The average Bonchev–Trinajstić information content (AvgIpc) is 2.52. The van der Waals surface area contributed by atoms with Gasteiger partial charge in [0.2, 0.25) is 5.91 Å². The molecule has 0 saturated heterocycles. The van der Waals surface area contributed by atoms with Crippen molar-refractivity contribution in [3.63, 3.8) is 0 Å². The molecule has 4 heteroatoms. The van der Waals surface area contributed by atoms with Gasteiger partial charge in [0.1, 0.15) is 4.99 Å². The van der Waals surface area contributed by atoms with Gasteiger partial charge < -0.3 is 11.1 Å². The zero-order chi connectivity index (χ0) is 15.1. The van der Waals surface area contributed by atoms with Crippen LogP contribution in [0.15, 0.2) is 24.3 Å². The molecule has 3 nitrogen and oxygen atoms in total. The molecule has 0 atom stereocenters. The molecule has 1 aliphatic carbocycles. The Balaban J connectivity index is 1.69. The Morgan fingerprint density at radius 1 is 1.19 bits per heavy atom. The summed E-state index contributed by atoms with van der Waals surface area (Å²) in [6.07, 6.45) is 8.32. The van der Waals surface area contributed by atoms with Crippen LogP contribution in [0.2, 0.25) is 0 Å². The monoisotopic (exact) mass is 304 g/mol. The van der Waals surface area contributed by atoms with Gasteiger partial charge in [-0.25, -0.2) is 0 Å². The van der Waals surface area contributed by atoms with Gasteiger partial charge in [-0.2, -0.15) is 0 Å². The number of rotatable bonds is 6. The minimum Gasteiger partial charge on any atom is -0.389 e. The molecule has 1 saturated carbocycles. The fourth-order valence-electron chi connectivity index (χ4n) is 2.89. The van der Waals surface area contributed by atoms with Crippen molar-refractivity contribution in [3.8, 4) is 0 Å². The minimum absolute atomic E-state index is 0.152. The SMILES string of the molecule is NC(=S)c1ccc(CNC(=O)CCC2CCCCC2)cc1. The van der Waals surface area contributed by atoms with Crippen LogP contribution < -0.4 is 11.1 Å². The van der Waals surface area contributed by atoms with Gasteiger partial charge in [-0.1, -0.05) is 68.6 Å². The zero-order valence-corrected chi connectivity index (χ0v) is 13.3. The largest absolute Gasteiger partial charge is 0.389 e. The second-order valence-electron chi connectivity index (χ2n) is 5.88. The third-order valence-corrected chi connectivity index (χ3v) is 4.47. The van der Waals surface area contributed by atoms with E-state index in [1.807, 2.05) is 24.3 Å². The topological polar surface area (TPSA) is 55.1 Å². The maximum Gasteiger partial charge on any atom is 0.220 e. The highest BCUT2D eigenvalue weighted by atomic mass is 32.1. The summed E-state index contributed by atoms with van der Waals surface area (Å²) in [6.45, 7) is 0.571. The number of amides is 1. The van der Waals surface area contributed by atoms with Gasteiger partial charge in [-0.05, 0) is 17.9 Å². The van der Waals surface area contributed by atoms with Crippen molar-refractivity contribution in [3.05, 3.63) is 35.4 Å². The highest BCUT2D eigenvalue weighted by Crippen LogP contribution is 2.27. The Morgan fingerprint density at radius 2 is 1.86 bits per heavy atom. The molecule has 114 valence electrons. The van der Waals surface area contributed by atoms with Crippen LogP contribution in [0.25, 0.3) is 0 Å². The smallest absolute Gasteiger partial charge is 0.220 e. The quantitative estimate of drug-likeness (QED) is 0.793. The zero-order valence-electron chi connectivity index (χ0n) is 12.4. The van der Waals surface area contributed by atoms with Gasteiger partial charge in [0.25, 0.3) is 0 Å². The number of nitrogens with one attached hydrogen (secondary N) is 1. The lowest BCUT2D eigenvalue weighted by molar-refractivity contribution is -0.121. The lowest BCUT2D eigenvalue weighted by atomic mass is 9.86. The molecule has 3 N–H and O–H groups in total. The Bertz CT molecular complexity index is 478. The van der Waals surface area contributed by atoms with E-state index < -0.39 is 0 Å². The molecule has 0 radical (unpaired) electrons. The number of nitrogens with two attached hydrogens (primary N) is 1. The van der Waals surface area contributed by atoms with Gasteiger partial charge in [0.15, 0.2) is 0 Å². The molecule has 1 aromatic carbocycles. The normalized spacial score (nSPS) is 15.6. The number of thiocarbonyl (C=S) groups is 1. The Labute approximate surface area is 132 Å². The molecule has 2 rings (SSSR count). The molecular weight excluding hydrogens is 280 g/mol. The van der Waals surface area contributed by atoms with Crippen LogP contribution >= 0.6 is 12.2 Å². The van der Waals surface area contributed by atoms with E-state index in [4.69, 9.17) is 18.0 Å². The molecule has 1 aliphatic rings. The van der Waals surface area contributed by atoms with E-state index in [1.165, 1.54) is 32.1 Å². The highest BCUT2D eigenvalue weighted by Gasteiger charge is 2.14. The molecule has 0 unspecified atom stereocenters. The van der Waals surface area contributed by atoms with Crippen molar-refractivity contribution in [2.75, 3.05) is 0 Å².